The lowest BCUT2D eigenvalue weighted by Gasteiger charge is -2.25. The topological polar surface area (TPSA) is 21.3 Å². The SMILES string of the molecule is CNC(c1cccc(C)c1C)C1CCC(C)O1. The molecule has 0 spiro atoms. The summed E-state index contributed by atoms with van der Waals surface area (Å²) in [7, 11) is 2.03. The molecule has 1 saturated heterocycles. The highest BCUT2D eigenvalue weighted by Crippen LogP contribution is 2.31. The van der Waals surface area contributed by atoms with E-state index in [1.165, 1.54) is 23.1 Å². The average Bonchev–Trinajstić information content (AvgIpc) is 2.72. The van der Waals surface area contributed by atoms with Crippen LogP contribution in [0.3, 0.4) is 0 Å². The van der Waals surface area contributed by atoms with Gasteiger partial charge in [0.05, 0.1) is 18.2 Å². The average molecular weight is 233 g/mol. The summed E-state index contributed by atoms with van der Waals surface area (Å²) in [5, 5.41) is 3.42. The van der Waals surface area contributed by atoms with Crippen molar-refractivity contribution in [2.24, 2.45) is 0 Å². The van der Waals surface area contributed by atoms with E-state index in [4.69, 9.17) is 4.74 Å². The third kappa shape index (κ3) is 2.53. The second kappa shape index (κ2) is 5.19. The number of nitrogens with one attached hydrogen (secondary N) is 1. The Morgan fingerprint density at radius 1 is 1.29 bits per heavy atom. The van der Waals surface area contributed by atoms with Crippen LogP contribution in [0.1, 0.15) is 42.5 Å². The van der Waals surface area contributed by atoms with Gasteiger partial charge < -0.3 is 10.1 Å². The Morgan fingerprint density at radius 3 is 2.65 bits per heavy atom. The lowest BCUT2D eigenvalue weighted by molar-refractivity contribution is 0.0332. The molecule has 0 saturated carbocycles. The van der Waals surface area contributed by atoms with Crippen molar-refractivity contribution in [3.63, 3.8) is 0 Å². The van der Waals surface area contributed by atoms with Crippen LogP contribution in [0.4, 0.5) is 0 Å². The molecule has 0 aliphatic carbocycles. The predicted molar refractivity (Wildman–Crippen MR) is 71.3 cm³/mol. The molecule has 3 unspecified atom stereocenters. The molecule has 0 aromatic heterocycles. The Hall–Kier alpha value is -0.860. The second-order valence-corrected chi connectivity index (χ2v) is 5.12. The van der Waals surface area contributed by atoms with Crippen LogP contribution < -0.4 is 5.32 Å². The Morgan fingerprint density at radius 2 is 2.06 bits per heavy atom. The van der Waals surface area contributed by atoms with Gasteiger partial charge in [0.1, 0.15) is 0 Å². The van der Waals surface area contributed by atoms with Crippen molar-refractivity contribution in [2.75, 3.05) is 7.05 Å². The third-order valence-corrected chi connectivity index (χ3v) is 3.93. The zero-order valence-electron chi connectivity index (χ0n) is 11.3. The van der Waals surface area contributed by atoms with E-state index in [-0.39, 0.29) is 0 Å². The first kappa shape index (κ1) is 12.6. The fourth-order valence-electron chi connectivity index (χ4n) is 2.73. The molecular formula is C15H23NO. The number of rotatable bonds is 3. The van der Waals surface area contributed by atoms with E-state index in [0.717, 1.165) is 6.42 Å². The lowest BCUT2D eigenvalue weighted by Crippen LogP contribution is -2.30. The molecule has 17 heavy (non-hydrogen) atoms. The van der Waals surface area contributed by atoms with E-state index in [1.807, 2.05) is 7.05 Å². The molecule has 2 nitrogen and oxygen atoms in total. The van der Waals surface area contributed by atoms with E-state index in [1.54, 1.807) is 0 Å². The highest BCUT2D eigenvalue weighted by Gasteiger charge is 2.30. The Balaban J connectivity index is 2.26. The van der Waals surface area contributed by atoms with Gasteiger partial charge >= 0.3 is 0 Å². The van der Waals surface area contributed by atoms with Gasteiger partial charge in [0, 0.05) is 0 Å². The molecule has 1 aliphatic rings. The van der Waals surface area contributed by atoms with E-state index in [2.05, 4.69) is 44.3 Å². The molecule has 0 bridgehead atoms. The molecule has 3 atom stereocenters. The van der Waals surface area contributed by atoms with Gasteiger partial charge in [-0.2, -0.15) is 0 Å². The number of benzene rings is 1. The van der Waals surface area contributed by atoms with E-state index in [9.17, 15) is 0 Å². The minimum Gasteiger partial charge on any atom is -0.373 e. The standard InChI is InChI=1S/C15H23NO/c1-10-6-5-7-13(12(10)3)15(16-4)14-9-8-11(2)17-14/h5-7,11,14-16H,8-9H2,1-4H3. The van der Waals surface area contributed by atoms with Crippen molar-refractivity contribution in [3.05, 3.63) is 34.9 Å². The van der Waals surface area contributed by atoms with Gasteiger partial charge in [-0.3, -0.25) is 0 Å². The predicted octanol–water partition coefficient (Wildman–Crippen LogP) is 3.13. The molecule has 1 N–H and O–H groups in total. The number of hydrogen-bond donors (Lipinski definition) is 1. The fourth-order valence-corrected chi connectivity index (χ4v) is 2.73. The minimum absolute atomic E-state index is 0.315. The first-order chi connectivity index (χ1) is 8.13. The molecule has 1 fully saturated rings. The van der Waals surface area contributed by atoms with Crippen molar-refractivity contribution in [3.8, 4) is 0 Å². The van der Waals surface area contributed by atoms with Gasteiger partial charge in [0.2, 0.25) is 0 Å². The normalized spacial score (nSPS) is 26.1. The molecule has 94 valence electrons. The summed E-state index contributed by atoms with van der Waals surface area (Å²) in [6, 6.07) is 6.85. The maximum Gasteiger partial charge on any atom is 0.0774 e. The first-order valence-corrected chi connectivity index (χ1v) is 6.52. The van der Waals surface area contributed by atoms with Crippen LogP contribution in [-0.4, -0.2) is 19.3 Å². The largest absolute Gasteiger partial charge is 0.373 e. The van der Waals surface area contributed by atoms with Gasteiger partial charge in [-0.25, -0.2) is 0 Å². The molecule has 1 aromatic carbocycles. The number of likely N-dealkylation sites (N-methyl/N-ethyl adjacent to an activating group) is 1. The van der Waals surface area contributed by atoms with Gasteiger partial charge in [0.15, 0.2) is 0 Å². The Bertz CT molecular complexity index is 389. The molecule has 1 heterocycles. The smallest absolute Gasteiger partial charge is 0.0774 e. The van der Waals surface area contributed by atoms with E-state index < -0.39 is 0 Å². The summed E-state index contributed by atoms with van der Waals surface area (Å²) in [6.45, 7) is 6.53. The van der Waals surface area contributed by atoms with Crippen LogP contribution in [0, 0.1) is 13.8 Å². The maximum atomic E-state index is 6.00. The summed E-state index contributed by atoms with van der Waals surface area (Å²) in [5.41, 5.74) is 4.12. The third-order valence-electron chi connectivity index (χ3n) is 3.93. The zero-order chi connectivity index (χ0) is 12.4. The number of hydrogen-bond acceptors (Lipinski definition) is 2. The summed E-state index contributed by atoms with van der Waals surface area (Å²) < 4.78 is 6.00. The van der Waals surface area contributed by atoms with Gasteiger partial charge in [0.25, 0.3) is 0 Å². The van der Waals surface area contributed by atoms with Crippen LogP contribution in [0.15, 0.2) is 18.2 Å². The summed E-state index contributed by atoms with van der Waals surface area (Å²) in [5.74, 6) is 0. The van der Waals surface area contributed by atoms with Crippen molar-refractivity contribution in [1.29, 1.82) is 0 Å². The summed E-state index contributed by atoms with van der Waals surface area (Å²) >= 11 is 0. The summed E-state index contributed by atoms with van der Waals surface area (Å²) in [4.78, 5) is 0. The highest BCUT2D eigenvalue weighted by atomic mass is 16.5. The first-order valence-electron chi connectivity index (χ1n) is 6.52. The second-order valence-electron chi connectivity index (χ2n) is 5.12. The van der Waals surface area contributed by atoms with Gasteiger partial charge in [-0.05, 0) is 57.4 Å². The van der Waals surface area contributed by atoms with Crippen molar-refractivity contribution >= 4 is 0 Å². The highest BCUT2D eigenvalue weighted by molar-refractivity contribution is 5.36. The van der Waals surface area contributed by atoms with Gasteiger partial charge in [-0.1, -0.05) is 18.2 Å². The number of ether oxygens (including phenoxy) is 1. The van der Waals surface area contributed by atoms with Crippen molar-refractivity contribution in [2.45, 2.75) is 51.9 Å². The molecular weight excluding hydrogens is 210 g/mol. The Kier molecular flexibility index (Phi) is 3.85. The molecule has 0 radical (unpaired) electrons. The van der Waals surface area contributed by atoms with Crippen molar-refractivity contribution < 1.29 is 4.74 Å². The van der Waals surface area contributed by atoms with E-state index >= 15 is 0 Å². The molecule has 1 aromatic rings. The molecule has 1 aliphatic heterocycles. The quantitative estimate of drug-likeness (QED) is 0.866. The van der Waals surface area contributed by atoms with Gasteiger partial charge in [-0.15, -0.1) is 0 Å². The van der Waals surface area contributed by atoms with Crippen LogP contribution in [0.5, 0.6) is 0 Å². The van der Waals surface area contributed by atoms with E-state index in [0.29, 0.717) is 18.2 Å². The molecule has 2 rings (SSSR count). The zero-order valence-corrected chi connectivity index (χ0v) is 11.3. The number of aryl methyl sites for hydroxylation is 1. The minimum atomic E-state index is 0.315. The van der Waals surface area contributed by atoms with Crippen LogP contribution in [0.25, 0.3) is 0 Å². The fraction of sp³-hybridized carbons (Fsp3) is 0.600. The van der Waals surface area contributed by atoms with Crippen LogP contribution in [-0.2, 0) is 4.74 Å². The van der Waals surface area contributed by atoms with Crippen molar-refractivity contribution in [1.82, 2.24) is 5.32 Å². The maximum absolute atomic E-state index is 6.00. The molecule has 0 amide bonds. The lowest BCUT2D eigenvalue weighted by atomic mass is 9.93. The summed E-state index contributed by atoms with van der Waals surface area (Å²) in [6.07, 6.45) is 3.05. The van der Waals surface area contributed by atoms with Crippen LogP contribution >= 0.6 is 0 Å². The van der Waals surface area contributed by atoms with Crippen LogP contribution in [0.2, 0.25) is 0 Å². The monoisotopic (exact) mass is 233 g/mol. The molecule has 2 heteroatoms. The Labute approximate surface area is 104 Å².